The van der Waals surface area contributed by atoms with E-state index >= 15 is 0 Å². The molecular formula is C16H21N3O6S. The van der Waals surface area contributed by atoms with Gasteiger partial charge in [0.1, 0.15) is 17.2 Å². The summed E-state index contributed by atoms with van der Waals surface area (Å²) in [6, 6.07) is 1.96. The Kier molecular flexibility index (Phi) is 7.07. The van der Waals surface area contributed by atoms with Crippen LogP contribution in [0, 0.1) is 0 Å². The molecule has 1 saturated heterocycles. The second kappa shape index (κ2) is 9.27. The third kappa shape index (κ3) is 5.01. The van der Waals surface area contributed by atoms with E-state index in [0.717, 1.165) is 6.42 Å². The summed E-state index contributed by atoms with van der Waals surface area (Å²) in [6.45, 7) is 3.06. The van der Waals surface area contributed by atoms with Gasteiger partial charge in [-0.15, -0.1) is 11.8 Å². The van der Waals surface area contributed by atoms with Crippen LogP contribution in [-0.4, -0.2) is 53.7 Å². The molecule has 2 heterocycles. The average molecular weight is 383 g/mol. The first-order valence-electron chi connectivity index (χ1n) is 8.12. The first-order valence-corrected chi connectivity index (χ1v) is 9.17. The lowest BCUT2D eigenvalue weighted by Crippen LogP contribution is -2.45. The molecule has 1 aliphatic heterocycles. The van der Waals surface area contributed by atoms with Crippen molar-refractivity contribution in [2.24, 2.45) is 0 Å². The van der Waals surface area contributed by atoms with Gasteiger partial charge in [-0.05, 0) is 18.6 Å². The molecule has 2 rings (SSSR count). The molecule has 1 aromatic heterocycles. The number of carbonyl (C=O) groups excluding carboxylic acids is 4. The summed E-state index contributed by atoms with van der Waals surface area (Å²) in [5.74, 6) is -0.865. The van der Waals surface area contributed by atoms with Gasteiger partial charge in [0.05, 0.1) is 6.26 Å². The van der Waals surface area contributed by atoms with E-state index in [1.807, 2.05) is 6.92 Å². The van der Waals surface area contributed by atoms with Gasteiger partial charge >= 0.3 is 12.0 Å². The Bertz CT molecular complexity index is 663. The number of esters is 1. The van der Waals surface area contributed by atoms with Gasteiger partial charge in [-0.25, -0.2) is 9.59 Å². The van der Waals surface area contributed by atoms with Gasteiger partial charge in [0.2, 0.25) is 5.91 Å². The molecule has 2 N–H and O–H groups in total. The van der Waals surface area contributed by atoms with Crippen LogP contribution in [0.3, 0.4) is 0 Å². The minimum absolute atomic E-state index is 0.304. The van der Waals surface area contributed by atoms with Crippen molar-refractivity contribution in [3.05, 3.63) is 24.2 Å². The number of amides is 4. The Morgan fingerprint density at radius 3 is 2.77 bits per heavy atom. The zero-order chi connectivity index (χ0) is 19.1. The van der Waals surface area contributed by atoms with Crippen molar-refractivity contribution in [1.82, 2.24) is 15.5 Å². The van der Waals surface area contributed by atoms with E-state index in [2.05, 4.69) is 10.6 Å². The van der Waals surface area contributed by atoms with E-state index in [0.29, 0.717) is 18.1 Å². The van der Waals surface area contributed by atoms with E-state index in [9.17, 15) is 19.2 Å². The molecule has 0 bridgehead atoms. The number of urea groups is 1. The highest BCUT2D eigenvalue weighted by molar-refractivity contribution is 7.99. The van der Waals surface area contributed by atoms with E-state index in [1.165, 1.54) is 29.8 Å². The van der Waals surface area contributed by atoms with Gasteiger partial charge < -0.3 is 19.4 Å². The summed E-state index contributed by atoms with van der Waals surface area (Å²) in [7, 11) is 0. The predicted molar refractivity (Wildman–Crippen MR) is 93.0 cm³/mol. The molecule has 26 heavy (non-hydrogen) atoms. The fourth-order valence-corrected chi connectivity index (χ4v) is 3.82. The lowest BCUT2D eigenvalue weighted by molar-refractivity contribution is -0.156. The molecular weight excluding hydrogens is 362 g/mol. The van der Waals surface area contributed by atoms with Crippen molar-refractivity contribution in [3.8, 4) is 0 Å². The van der Waals surface area contributed by atoms with E-state index < -0.39 is 35.9 Å². The van der Waals surface area contributed by atoms with Crippen LogP contribution in [-0.2, 0) is 19.1 Å². The number of nitrogens with one attached hydrogen (secondary N) is 2. The summed E-state index contributed by atoms with van der Waals surface area (Å²) < 4.78 is 10.3. The summed E-state index contributed by atoms with van der Waals surface area (Å²) in [5.41, 5.74) is 0. The Labute approximate surface area is 154 Å². The number of rotatable bonds is 6. The van der Waals surface area contributed by atoms with E-state index in [4.69, 9.17) is 9.15 Å². The van der Waals surface area contributed by atoms with Crippen LogP contribution < -0.4 is 10.6 Å². The molecule has 0 saturated carbocycles. The lowest BCUT2D eigenvalue weighted by atomic mass is 10.2. The average Bonchev–Trinajstić information content (AvgIpc) is 3.26. The number of nitrogens with zero attached hydrogens (tertiary/aromatic N) is 1. The number of hydrogen-bond acceptors (Lipinski definition) is 7. The van der Waals surface area contributed by atoms with Crippen molar-refractivity contribution in [3.63, 3.8) is 0 Å². The summed E-state index contributed by atoms with van der Waals surface area (Å²) >= 11 is 1.37. The number of carbonyl (C=O) groups is 4. The highest BCUT2D eigenvalue weighted by atomic mass is 32.2. The van der Waals surface area contributed by atoms with Crippen molar-refractivity contribution in [2.45, 2.75) is 31.7 Å². The molecule has 0 radical (unpaired) electrons. The van der Waals surface area contributed by atoms with Crippen molar-refractivity contribution in [2.75, 3.05) is 18.9 Å². The molecule has 0 unspecified atom stereocenters. The van der Waals surface area contributed by atoms with E-state index in [1.54, 1.807) is 12.1 Å². The Balaban J connectivity index is 1.89. The molecule has 4 amide bonds. The number of furan rings is 1. The second-order valence-corrected chi connectivity index (χ2v) is 6.67. The zero-order valence-corrected chi connectivity index (χ0v) is 15.3. The van der Waals surface area contributed by atoms with E-state index in [-0.39, 0.29) is 5.91 Å². The summed E-state index contributed by atoms with van der Waals surface area (Å²) in [6.07, 6.45) is 2.22. The molecule has 2 atom stereocenters. The van der Waals surface area contributed by atoms with Crippen LogP contribution in [0.25, 0.3) is 0 Å². The lowest BCUT2D eigenvalue weighted by Gasteiger charge is -2.25. The molecule has 0 aliphatic carbocycles. The highest BCUT2D eigenvalue weighted by Gasteiger charge is 2.43. The van der Waals surface area contributed by atoms with Gasteiger partial charge in [0.25, 0.3) is 5.91 Å². The van der Waals surface area contributed by atoms with Crippen LogP contribution in [0.4, 0.5) is 4.79 Å². The largest absolute Gasteiger partial charge is 0.466 e. The third-order valence-electron chi connectivity index (χ3n) is 3.56. The molecule has 1 fully saturated rings. The van der Waals surface area contributed by atoms with Crippen LogP contribution >= 0.6 is 11.8 Å². The molecule has 142 valence electrons. The molecule has 1 aliphatic rings. The molecule has 9 nitrogen and oxygen atoms in total. The minimum Gasteiger partial charge on any atom is -0.466 e. The van der Waals surface area contributed by atoms with Gasteiger partial charge in [-0.2, -0.15) is 0 Å². The van der Waals surface area contributed by atoms with Crippen LogP contribution in [0.1, 0.15) is 31.4 Å². The number of hydrogen-bond donors (Lipinski definition) is 2. The SMILES string of the molecule is CCCNC(=O)NC(=O)COC(=O)[C@@H]1CS[C@@H](c2ccco2)N1C(C)=O. The van der Waals surface area contributed by atoms with Gasteiger partial charge in [0.15, 0.2) is 6.61 Å². The first kappa shape index (κ1) is 19.8. The van der Waals surface area contributed by atoms with Crippen molar-refractivity contribution in [1.29, 1.82) is 0 Å². The van der Waals surface area contributed by atoms with Crippen molar-refractivity contribution < 1.29 is 28.3 Å². The Morgan fingerprint density at radius 1 is 1.38 bits per heavy atom. The number of imide groups is 1. The van der Waals surface area contributed by atoms with Crippen molar-refractivity contribution >= 4 is 35.6 Å². The smallest absolute Gasteiger partial charge is 0.330 e. The number of thioether (sulfide) groups is 1. The highest BCUT2D eigenvalue weighted by Crippen LogP contribution is 2.41. The molecule has 0 aromatic carbocycles. The summed E-state index contributed by atoms with van der Waals surface area (Å²) in [4.78, 5) is 48.7. The van der Waals surface area contributed by atoms with Crippen LogP contribution in [0.15, 0.2) is 22.8 Å². The Morgan fingerprint density at radius 2 is 2.15 bits per heavy atom. The minimum atomic E-state index is -0.825. The Hall–Kier alpha value is -2.49. The fourth-order valence-electron chi connectivity index (χ4n) is 2.40. The topological polar surface area (TPSA) is 118 Å². The maximum absolute atomic E-state index is 12.3. The first-order chi connectivity index (χ1) is 12.4. The zero-order valence-electron chi connectivity index (χ0n) is 14.5. The van der Waals surface area contributed by atoms with Crippen LogP contribution in [0.5, 0.6) is 0 Å². The monoisotopic (exact) mass is 383 g/mol. The maximum Gasteiger partial charge on any atom is 0.330 e. The van der Waals surface area contributed by atoms with Gasteiger partial charge in [-0.3, -0.25) is 14.9 Å². The second-order valence-electron chi connectivity index (χ2n) is 5.55. The predicted octanol–water partition coefficient (Wildman–Crippen LogP) is 1.02. The van der Waals surface area contributed by atoms with Crippen LogP contribution in [0.2, 0.25) is 0 Å². The molecule has 1 aromatic rings. The quantitative estimate of drug-likeness (QED) is 0.704. The normalized spacial score (nSPS) is 19.1. The summed E-state index contributed by atoms with van der Waals surface area (Å²) in [5, 5.41) is 4.11. The third-order valence-corrected chi connectivity index (χ3v) is 4.84. The fraction of sp³-hybridized carbons (Fsp3) is 0.500. The maximum atomic E-state index is 12.3. The van der Waals surface area contributed by atoms with Gasteiger partial charge in [0, 0.05) is 19.2 Å². The number of ether oxygens (including phenoxy) is 1. The molecule has 0 spiro atoms. The molecule has 10 heteroatoms. The van der Waals surface area contributed by atoms with Gasteiger partial charge in [-0.1, -0.05) is 6.92 Å². The standard InChI is InChI=1S/C16H21N3O6S/c1-3-6-17-16(23)18-13(21)8-25-15(22)11-9-26-14(19(11)10(2)20)12-5-4-7-24-12/h4-5,7,11,14H,3,6,8-9H2,1-2H3,(H2,17,18,21,23)/t11-,14-/m0/s1.